The minimum Gasteiger partial charge on any atom is -0.311 e. The molecule has 0 aromatic carbocycles. The molecule has 0 aliphatic rings. The summed E-state index contributed by atoms with van der Waals surface area (Å²) in [7, 11) is 1.99. The third-order valence-electron chi connectivity index (χ3n) is 1.35. The van der Waals surface area contributed by atoms with Crippen LogP contribution in [0.15, 0.2) is 0 Å². The average molecular weight is 147 g/mol. The van der Waals surface area contributed by atoms with Crippen molar-refractivity contribution in [2.24, 2.45) is 5.92 Å². The molecule has 0 rings (SSSR count). The van der Waals surface area contributed by atoms with Crippen LogP contribution < -0.4 is 5.32 Å². The standard InChI is InChI=1S/C7H17NS/c1-4-7(2)5-9-6-8-3/h7-8H,4-6H2,1-3H3. The van der Waals surface area contributed by atoms with Gasteiger partial charge in [-0.15, -0.1) is 11.8 Å². The van der Waals surface area contributed by atoms with E-state index in [4.69, 9.17) is 0 Å². The van der Waals surface area contributed by atoms with E-state index in [1.165, 1.54) is 12.2 Å². The van der Waals surface area contributed by atoms with Crippen molar-refractivity contribution in [1.29, 1.82) is 0 Å². The molecule has 2 heteroatoms. The lowest BCUT2D eigenvalue weighted by molar-refractivity contribution is 0.636. The van der Waals surface area contributed by atoms with E-state index in [9.17, 15) is 0 Å². The van der Waals surface area contributed by atoms with Gasteiger partial charge in [0.15, 0.2) is 0 Å². The van der Waals surface area contributed by atoms with Crippen LogP contribution in [0, 0.1) is 5.92 Å². The van der Waals surface area contributed by atoms with E-state index in [-0.39, 0.29) is 0 Å². The number of nitrogens with one attached hydrogen (secondary N) is 1. The molecule has 1 atom stereocenters. The van der Waals surface area contributed by atoms with Gasteiger partial charge in [-0.3, -0.25) is 0 Å². The van der Waals surface area contributed by atoms with Crippen molar-refractivity contribution in [1.82, 2.24) is 5.32 Å². The minimum atomic E-state index is 0.878. The van der Waals surface area contributed by atoms with E-state index in [1.807, 2.05) is 18.8 Å². The number of thioether (sulfide) groups is 1. The SMILES string of the molecule is CCC(C)CSCNC. The van der Waals surface area contributed by atoms with Gasteiger partial charge in [0.1, 0.15) is 0 Å². The molecule has 0 saturated carbocycles. The fourth-order valence-corrected chi connectivity index (χ4v) is 1.44. The maximum Gasteiger partial charge on any atom is 0.0415 e. The maximum absolute atomic E-state index is 3.11. The van der Waals surface area contributed by atoms with Gasteiger partial charge in [0.25, 0.3) is 0 Å². The van der Waals surface area contributed by atoms with E-state index in [0.717, 1.165) is 11.8 Å². The van der Waals surface area contributed by atoms with Gasteiger partial charge in [-0.05, 0) is 18.7 Å². The third-order valence-corrected chi connectivity index (χ3v) is 2.64. The second-order valence-electron chi connectivity index (χ2n) is 2.38. The monoisotopic (exact) mass is 147 g/mol. The molecule has 1 N–H and O–H groups in total. The smallest absolute Gasteiger partial charge is 0.0415 e. The van der Waals surface area contributed by atoms with Gasteiger partial charge in [0.05, 0.1) is 0 Å². The Balaban J connectivity index is 2.88. The number of hydrogen-bond donors (Lipinski definition) is 1. The highest BCUT2D eigenvalue weighted by atomic mass is 32.2. The normalized spacial score (nSPS) is 13.7. The molecule has 0 heterocycles. The summed E-state index contributed by atoms with van der Waals surface area (Å²) >= 11 is 1.97. The first kappa shape index (κ1) is 9.31. The van der Waals surface area contributed by atoms with Crippen molar-refractivity contribution >= 4 is 11.8 Å². The van der Waals surface area contributed by atoms with Crippen LogP contribution in [0.1, 0.15) is 20.3 Å². The fourth-order valence-electron chi connectivity index (χ4n) is 0.480. The molecule has 0 aromatic heterocycles. The Morgan fingerprint density at radius 2 is 2.22 bits per heavy atom. The van der Waals surface area contributed by atoms with E-state index >= 15 is 0 Å². The summed E-state index contributed by atoms with van der Waals surface area (Å²) in [6.07, 6.45) is 1.30. The Bertz CT molecular complexity index is 56.9. The highest BCUT2D eigenvalue weighted by Crippen LogP contribution is 2.08. The number of rotatable bonds is 5. The predicted molar refractivity (Wildman–Crippen MR) is 45.8 cm³/mol. The van der Waals surface area contributed by atoms with Gasteiger partial charge in [-0.1, -0.05) is 20.3 Å². The molecular formula is C7H17NS. The highest BCUT2D eigenvalue weighted by Gasteiger charge is 1.95. The molecule has 56 valence electrons. The van der Waals surface area contributed by atoms with Crippen molar-refractivity contribution < 1.29 is 0 Å². The first-order valence-corrected chi connectivity index (χ1v) is 4.69. The summed E-state index contributed by atoms with van der Waals surface area (Å²) in [6.45, 7) is 4.53. The Morgan fingerprint density at radius 1 is 1.56 bits per heavy atom. The van der Waals surface area contributed by atoms with Crippen LogP contribution in [-0.4, -0.2) is 18.7 Å². The molecule has 0 spiro atoms. The molecule has 0 radical (unpaired) electrons. The lowest BCUT2D eigenvalue weighted by atomic mass is 10.2. The molecule has 0 bridgehead atoms. The topological polar surface area (TPSA) is 12.0 Å². The lowest BCUT2D eigenvalue weighted by Gasteiger charge is -2.05. The molecule has 0 fully saturated rings. The fraction of sp³-hybridized carbons (Fsp3) is 1.00. The van der Waals surface area contributed by atoms with Crippen molar-refractivity contribution in [3.05, 3.63) is 0 Å². The summed E-state index contributed by atoms with van der Waals surface area (Å²) in [5.74, 6) is 3.25. The predicted octanol–water partition coefficient (Wildman–Crippen LogP) is 1.94. The van der Waals surface area contributed by atoms with Crippen LogP contribution in [0.5, 0.6) is 0 Å². The largest absolute Gasteiger partial charge is 0.311 e. The van der Waals surface area contributed by atoms with Gasteiger partial charge in [0.2, 0.25) is 0 Å². The van der Waals surface area contributed by atoms with Crippen LogP contribution in [0.2, 0.25) is 0 Å². The van der Waals surface area contributed by atoms with Crippen LogP contribution >= 0.6 is 11.8 Å². The van der Waals surface area contributed by atoms with Crippen LogP contribution in [-0.2, 0) is 0 Å². The first-order chi connectivity index (χ1) is 4.31. The van der Waals surface area contributed by atoms with Gasteiger partial charge in [-0.25, -0.2) is 0 Å². The molecule has 9 heavy (non-hydrogen) atoms. The highest BCUT2D eigenvalue weighted by molar-refractivity contribution is 7.99. The molecule has 1 nitrogen and oxygen atoms in total. The zero-order valence-corrected chi connectivity index (χ0v) is 7.42. The Hall–Kier alpha value is 0.310. The van der Waals surface area contributed by atoms with Crippen molar-refractivity contribution in [2.75, 3.05) is 18.7 Å². The van der Waals surface area contributed by atoms with E-state index in [2.05, 4.69) is 19.2 Å². The molecule has 0 aliphatic heterocycles. The van der Waals surface area contributed by atoms with Crippen molar-refractivity contribution in [3.8, 4) is 0 Å². The minimum absolute atomic E-state index is 0.878. The molecule has 0 amide bonds. The lowest BCUT2D eigenvalue weighted by Crippen LogP contribution is -2.06. The molecular weight excluding hydrogens is 130 g/mol. The van der Waals surface area contributed by atoms with E-state index in [0.29, 0.717) is 0 Å². The van der Waals surface area contributed by atoms with Crippen molar-refractivity contribution in [3.63, 3.8) is 0 Å². The Morgan fingerprint density at radius 3 is 2.67 bits per heavy atom. The number of hydrogen-bond acceptors (Lipinski definition) is 2. The molecule has 0 aromatic rings. The van der Waals surface area contributed by atoms with Crippen LogP contribution in [0.3, 0.4) is 0 Å². The maximum atomic E-state index is 3.11. The van der Waals surface area contributed by atoms with Gasteiger partial charge < -0.3 is 5.32 Å². The van der Waals surface area contributed by atoms with Gasteiger partial charge >= 0.3 is 0 Å². The third kappa shape index (κ3) is 6.19. The molecule has 1 unspecified atom stereocenters. The van der Waals surface area contributed by atoms with Crippen LogP contribution in [0.25, 0.3) is 0 Å². The quantitative estimate of drug-likeness (QED) is 0.471. The second-order valence-corrected chi connectivity index (χ2v) is 3.41. The second kappa shape index (κ2) is 6.43. The summed E-state index contributed by atoms with van der Waals surface area (Å²) in [4.78, 5) is 0. The van der Waals surface area contributed by atoms with E-state index < -0.39 is 0 Å². The zero-order valence-electron chi connectivity index (χ0n) is 6.61. The Kier molecular flexibility index (Phi) is 6.65. The average Bonchev–Trinajstić information content (AvgIpc) is 1.89. The van der Waals surface area contributed by atoms with Crippen molar-refractivity contribution in [2.45, 2.75) is 20.3 Å². The van der Waals surface area contributed by atoms with Gasteiger partial charge in [-0.2, -0.15) is 0 Å². The zero-order chi connectivity index (χ0) is 7.11. The first-order valence-electron chi connectivity index (χ1n) is 3.53. The van der Waals surface area contributed by atoms with Gasteiger partial charge in [0, 0.05) is 5.88 Å². The summed E-state index contributed by atoms with van der Waals surface area (Å²) in [5.41, 5.74) is 0. The van der Waals surface area contributed by atoms with Crippen LogP contribution in [0.4, 0.5) is 0 Å². The Labute approximate surface area is 62.6 Å². The molecule has 0 saturated heterocycles. The van der Waals surface area contributed by atoms with E-state index in [1.54, 1.807) is 0 Å². The summed E-state index contributed by atoms with van der Waals surface area (Å²) in [5, 5.41) is 3.11. The molecule has 0 aliphatic carbocycles. The summed E-state index contributed by atoms with van der Waals surface area (Å²) in [6, 6.07) is 0. The summed E-state index contributed by atoms with van der Waals surface area (Å²) < 4.78 is 0.